The van der Waals surface area contributed by atoms with Crippen LogP contribution in [0.3, 0.4) is 0 Å². The molecule has 4 nitrogen and oxygen atoms in total. The molecule has 0 aromatic carbocycles. The van der Waals surface area contributed by atoms with E-state index in [1.165, 1.54) is 0 Å². The number of oxime groups is 1. The van der Waals surface area contributed by atoms with Crippen LogP contribution in [0.15, 0.2) is 5.16 Å². The molecule has 0 aromatic heterocycles. The first-order chi connectivity index (χ1) is 4.09. The first kappa shape index (κ1) is 7.94. The van der Waals surface area contributed by atoms with Gasteiger partial charge in [0.1, 0.15) is 0 Å². The first-order valence-corrected chi connectivity index (χ1v) is 2.54. The van der Waals surface area contributed by atoms with Crippen LogP contribution in [0, 0.1) is 5.92 Å². The van der Waals surface area contributed by atoms with Gasteiger partial charge in [-0.15, -0.1) is 0 Å². The average molecular weight is 131 g/mol. The SMILES string of the molecule is CC(C)/C(=N\O)C(=O)O. The molecule has 0 aliphatic carbocycles. The zero-order valence-corrected chi connectivity index (χ0v) is 5.33. The number of hydrogen-bond donors (Lipinski definition) is 2. The van der Waals surface area contributed by atoms with E-state index >= 15 is 0 Å². The van der Waals surface area contributed by atoms with Crippen molar-refractivity contribution in [3.05, 3.63) is 0 Å². The minimum Gasteiger partial charge on any atom is -0.477 e. The van der Waals surface area contributed by atoms with Crippen LogP contribution in [0.1, 0.15) is 13.8 Å². The maximum absolute atomic E-state index is 10.1. The molecule has 0 saturated carbocycles. The van der Waals surface area contributed by atoms with Crippen molar-refractivity contribution in [2.75, 3.05) is 0 Å². The summed E-state index contributed by atoms with van der Waals surface area (Å²) in [5, 5.41) is 18.9. The number of rotatable bonds is 2. The molecule has 2 N–H and O–H groups in total. The highest BCUT2D eigenvalue weighted by molar-refractivity contribution is 6.36. The molecule has 0 heterocycles. The fourth-order valence-electron chi connectivity index (χ4n) is 0.405. The lowest BCUT2D eigenvalue weighted by molar-refractivity contribution is -0.129. The van der Waals surface area contributed by atoms with E-state index < -0.39 is 5.97 Å². The Morgan fingerprint density at radius 3 is 2.00 bits per heavy atom. The Hall–Kier alpha value is -1.06. The second-order valence-electron chi connectivity index (χ2n) is 1.95. The Kier molecular flexibility index (Phi) is 2.70. The van der Waals surface area contributed by atoms with Crippen LogP contribution in [-0.2, 0) is 4.79 Å². The molecule has 4 heteroatoms. The van der Waals surface area contributed by atoms with Crippen molar-refractivity contribution in [2.45, 2.75) is 13.8 Å². The van der Waals surface area contributed by atoms with Crippen molar-refractivity contribution in [3.8, 4) is 0 Å². The van der Waals surface area contributed by atoms with Gasteiger partial charge in [0.15, 0.2) is 5.71 Å². The molecule has 0 rings (SSSR count). The van der Waals surface area contributed by atoms with Gasteiger partial charge < -0.3 is 10.3 Å². The van der Waals surface area contributed by atoms with E-state index in [0.717, 1.165) is 0 Å². The molecule has 0 aliphatic rings. The van der Waals surface area contributed by atoms with Crippen molar-refractivity contribution >= 4 is 11.7 Å². The lowest BCUT2D eigenvalue weighted by Gasteiger charge is -1.99. The van der Waals surface area contributed by atoms with Crippen molar-refractivity contribution in [3.63, 3.8) is 0 Å². The second kappa shape index (κ2) is 3.06. The van der Waals surface area contributed by atoms with Gasteiger partial charge in [-0.2, -0.15) is 0 Å². The Balaban J connectivity index is 4.19. The molecule has 0 radical (unpaired) electrons. The molecular formula is C5H9NO3. The Labute approximate surface area is 52.8 Å². The highest BCUT2D eigenvalue weighted by atomic mass is 16.4. The molecule has 0 saturated heterocycles. The van der Waals surface area contributed by atoms with Gasteiger partial charge in [-0.05, 0) is 0 Å². The maximum Gasteiger partial charge on any atom is 0.353 e. The summed E-state index contributed by atoms with van der Waals surface area (Å²) in [6.45, 7) is 3.28. The van der Waals surface area contributed by atoms with E-state index in [9.17, 15) is 4.79 Å². The van der Waals surface area contributed by atoms with Crippen molar-refractivity contribution in [1.29, 1.82) is 0 Å². The lowest BCUT2D eigenvalue weighted by atomic mass is 10.1. The maximum atomic E-state index is 10.1. The zero-order valence-electron chi connectivity index (χ0n) is 5.33. The van der Waals surface area contributed by atoms with Gasteiger partial charge >= 0.3 is 5.97 Å². The summed E-state index contributed by atoms with van der Waals surface area (Å²) in [5.74, 6) is -1.42. The quantitative estimate of drug-likeness (QED) is 0.326. The Morgan fingerprint density at radius 1 is 1.56 bits per heavy atom. The highest BCUT2D eigenvalue weighted by Gasteiger charge is 2.13. The minimum absolute atomic E-state index is 0.213. The molecule has 0 amide bonds. The molecule has 0 aliphatic heterocycles. The van der Waals surface area contributed by atoms with Crippen LogP contribution >= 0.6 is 0 Å². The third-order valence-corrected chi connectivity index (χ3v) is 0.874. The first-order valence-electron chi connectivity index (χ1n) is 2.54. The van der Waals surface area contributed by atoms with Crippen LogP contribution in [0.2, 0.25) is 0 Å². The number of nitrogens with zero attached hydrogens (tertiary/aromatic N) is 1. The predicted molar refractivity (Wildman–Crippen MR) is 31.7 cm³/mol. The third-order valence-electron chi connectivity index (χ3n) is 0.874. The van der Waals surface area contributed by atoms with Crippen molar-refractivity contribution in [1.82, 2.24) is 0 Å². The third kappa shape index (κ3) is 2.12. The summed E-state index contributed by atoms with van der Waals surface area (Å²) in [6.07, 6.45) is 0. The highest BCUT2D eigenvalue weighted by Crippen LogP contribution is 1.95. The molecule has 0 unspecified atom stereocenters. The summed E-state index contributed by atoms with van der Waals surface area (Å²) in [5.41, 5.74) is -0.213. The fraction of sp³-hybridized carbons (Fsp3) is 0.600. The van der Waals surface area contributed by atoms with E-state index in [4.69, 9.17) is 10.3 Å². The van der Waals surface area contributed by atoms with Crippen LogP contribution in [-0.4, -0.2) is 22.0 Å². The van der Waals surface area contributed by atoms with Gasteiger partial charge in [-0.1, -0.05) is 19.0 Å². The van der Waals surface area contributed by atoms with Crippen molar-refractivity contribution in [2.24, 2.45) is 11.1 Å². The number of carboxylic acids is 1. The monoisotopic (exact) mass is 131 g/mol. The Morgan fingerprint density at radius 2 is 2.00 bits per heavy atom. The number of carbonyl (C=O) groups is 1. The molecule has 0 aromatic rings. The van der Waals surface area contributed by atoms with Gasteiger partial charge in [0.2, 0.25) is 0 Å². The standard InChI is InChI=1S/C5H9NO3/c1-3(2)4(6-9)5(7)8/h3,9H,1-2H3,(H,7,8)/b6-4+. The van der Waals surface area contributed by atoms with E-state index in [0.29, 0.717) is 0 Å². The molecular weight excluding hydrogens is 122 g/mol. The molecule has 0 spiro atoms. The van der Waals surface area contributed by atoms with Gasteiger partial charge in [0.05, 0.1) is 0 Å². The van der Waals surface area contributed by atoms with E-state index in [-0.39, 0.29) is 11.6 Å². The summed E-state index contributed by atoms with van der Waals surface area (Å²) in [7, 11) is 0. The normalized spacial score (nSPS) is 12.1. The summed E-state index contributed by atoms with van der Waals surface area (Å²) < 4.78 is 0. The minimum atomic E-state index is -1.17. The van der Waals surface area contributed by atoms with Crippen molar-refractivity contribution < 1.29 is 15.1 Å². The smallest absolute Gasteiger partial charge is 0.353 e. The molecule has 52 valence electrons. The van der Waals surface area contributed by atoms with E-state index in [2.05, 4.69) is 5.16 Å². The van der Waals surface area contributed by atoms with Gasteiger partial charge in [0, 0.05) is 5.92 Å². The van der Waals surface area contributed by atoms with E-state index in [1.807, 2.05) is 0 Å². The molecule has 0 atom stereocenters. The summed E-state index contributed by atoms with van der Waals surface area (Å²) in [6, 6.07) is 0. The van der Waals surface area contributed by atoms with Gasteiger partial charge in [-0.25, -0.2) is 4.79 Å². The largest absolute Gasteiger partial charge is 0.477 e. The van der Waals surface area contributed by atoms with Crippen LogP contribution < -0.4 is 0 Å². The van der Waals surface area contributed by atoms with Crippen LogP contribution in [0.4, 0.5) is 0 Å². The van der Waals surface area contributed by atoms with Crippen LogP contribution in [0.25, 0.3) is 0 Å². The van der Waals surface area contributed by atoms with Gasteiger partial charge in [0.25, 0.3) is 0 Å². The fourth-order valence-corrected chi connectivity index (χ4v) is 0.405. The van der Waals surface area contributed by atoms with Crippen LogP contribution in [0.5, 0.6) is 0 Å². The van der Waals surface area contributed by atoms with E-state index in [1.54, 1.807) is 13.8 Å². The number of hydrogen-bond acceptors (Lipinski definition) is 3. The number of carboxylic acid groups (broad SMARTS) is 1. The summed E-state index contributed by atoms with van der Waals surface area (Å²) >= 11 is 0. The topological polar surface area (TPSA) is 69.9 Å². The second-order valence-corrected chi connectivity index (χ2v) is 1.95. The Bertz CT molecular complexity index is 139. The van der Waals surface area contributed by atoms with Gasteiger partial charge in [-0.3, -0.25) is 0 Å². The lowest BCUT2D eigenvalue weighted by Crippen LogP contribution is -2.18. The summed E-state index contributed by atoms with van der Waals surface area (Å²) in [4.78, 5) is 10.1. The molecule has 0 bridgehead atoms. The molecule has 0 fully saturated rings. The average Bonchev–Trinajstić information content (AvgIpc) is 1.64. The predicted octanol–water partition coefficient (Wildman–Crippen LogP) is 0.557. The number of aliphatic carboxylic acids is 1. The zero-order chi connectivity index (χ0) is 7.44. The molecule has 9 heavy (non-hydrogen) atoms.